The number of nitrogens with two attached hydrogens (primary N) is 1. The normalized spacial score (nSPS) is 10.8. The first kappa shape index (κ1) is 18.9. The smallest absolute Gasteiger partial charge is 0.313 e. The number of rotatable bonds is 6. The number of pyridine rings is 1. The molecule has 0 amide bonds. The van der Waals surface area contributed by atoms with Gasteiger partial charge < -0.3 is 14.3 Å². The van der Waals surface area contributed by atoms with Crippen LogP contribution in [0.3, 0.4) is 0 Å². The Kier molecular flexibility index (Phi) is 5.48. The van der Waals surface area contributed by atoms with Crippen LogP contribution < -0.4 is 10.9 Å². The molecule has 142 valence electrons. The summed E-state index contributed by atoms with van der Waals surface area (Å²) in [5.74, 6) is 7.08. The number of thiophene rings is 1. The summed E-state index contributed by atoms with van der Waals surface area (Å²) in [5, 5.41) is 11.4. The number of ether oxygens (including phenoxy) is 1. The third-order valence-electron chi connectivity index (χ3n) is 4.04. The summed E-state index contributed by atoms with van der Waals surface area (Å²) in [6.45, 7) is 3.98. The van der Waals surface area contributed by atoms with E-state index in [4.69, 9.17) is 15.0 Å². The largest absolute Gasteiger partial charge is 0.499 e. The van der Waals surface area contributed by atoms with E-state index in [2.05, 4.69) is 4.98 Å². The zero-order valence-corrected chi connectivity index (χ0v) is 16.2. The number of carbonyl (C=O) groups is 1. The van der Waals surface area contributed by atoms with E-state index in [1.54, 1.807) is 38.4 Å². The number of esters is 1. The molecule has 0 fully saturated rings. The lowest BCUT2D eigenvalue weighted by Gasteiger charge is -2.10. The van der Waals surface area contributed by atoms with Crippen LogP contribution in [0.1, 0.15) is 18.2 Å². The molecule has 0 saturated carbocycles. The molecule has 8 heteroatoms. The van der Waals surface area contributed by atoms with Gasteiger partial charge in [-0.25, -0.2) is 10.8 Å². The molecule has 0 bridgehead atoms. The Morgan fingerprint density at radius 1 is 1.37 bits per heavy atom. The molecule has 0 saturated heterocycles. The van der Waals surface area contributed by atoms with Gasteiger partial charge >= 0.3 is 5.97 Å². The van der Waals surface area contributed by atoms with Crippen LogP contribution in [-0.4, -0.2) is 29.7 Å². The zero-order chi connectivity index (χ0) is 19.6. The minimum Gasteiger partial charge on any atom is -0.499 e. The van der Waals surface area contributed by atoms with E-state index in [-0.39, 0.29) is 17.5 Å². The van der Waals surface area contributed by atoms with Gasteiger partial charge in [0.15, 0.2) is 5.06 Å². The Morgan fingerprint density at radius 2 is 2.15 bits per heavy atom. The summed E-state index contributed by atoms with van der Waals surface area (Å²) in [6, 6.07) is 7.08. The van der Waals surface area contributed by atoms with Crippen LogP contribution in [0, 0.1) is 6.92 Å². The average Bonchev–Trinajstić information content (AvgIpc) is 3.18. The predicted octanol–water partition coefficient (Wildman–Crippen LogP) is 3.50. The number of carbonyl (C=O) groups excluding carboxylic acids is 1. The van der Waals surface area contributed by atoms with Crippen molar-refractivity contribution in [1.82, 2.24) is 4.98 Å². The number of hydrazine groups is 1. The van der Waals surface area contributed by atoms with Crippen molar-refractivity contribution in [1.29, 1.82) is 0 Å². The first-order valence-corrected chi connectivity index (χ1v) is 9.24. The van der Waals surface area contributed by atoms with Crippen LogP contribution in [0.15, 0.2) is 34.9 Å². The molecule has 0 unspecified atom stereocenters. The fourth-order valence-corrected chi connectivity index (χ4v) is 3.70. The monoisotopic (exact) mass is 387 g/mol. The number of furan rings is 1. The van der Waals surface area contributed by atoms with Gasteiger partial charge in [0, 0.05) is 34.8 Å². The van der Waals surface area contributed by atoms with Gasteiger partial charge in [-0.15, -0.1) is 0 Å². The fraction of sp³-hybridized carbons (Fsp3) is 0.263. The van der Waals surface area contributed by atoms with Crippen molar-refractivity contribution < 1.29 is 19.1 Å². The van der Waals surface area contributed by atoms with E-state index in [9.17, 15) is 9.90 Å². The maximum absolute atomic E-state index is 12.0. The van der Waals surface area contributed by atoms with E-state index in [0.717, 1.165) is 21.6 Å². The maximum Gasteiger partial charge on any atom is 0.313 e. The van der Waals surface area contributed by atoms with Crippen LogP contribution >= 0.6 is 11.3 Å². The van der Waals surface area contributed by atoms with Crippen molar-refractivity contribution >= 4 is 23.1 Å². The summed E-state index contributed by atoms with van der Waals surface area (Å²) in [7, 11) is 1.71. The Hall–Kier alpha value is -2.84. The molecule has 0 aliphatic rings. The van der Waals surface area contributed by atoms with Gasteiger partial charge in [0.1, 0.15) is 23.8 Å². The van der Waals surface area contributed by atoms with E-state index < -0.39 is 0 Å². The van der Waals surface area contributed by atoms with Gasteiger partial charge in [-0.05, 0) is 38.1 Å². The first-order valence-electron chi connectivity index (χ1n) is 8.42. The van der Waals surface area contributed by atoms with E-state index in [1.807, 2.05) is 13.0 Å². The van der Waals surface area contributed by atoms with Crippen LogP contribution in [0.2, 0.25) is 0 Å². The third kappa shape index (κ3) is 3.96. The molecule has 3 aromatic heterocycles. The Morgan fingerprint density at radius 3 is 2.70 bits per heavy atom. The van der Waals surface area contributed by atoms with E-state index in [0.29, 0.717) is 23.9 Å². The number of anilines is 1. The number of hydrogen-bond donors (Lipinski definition) is 2. The standard InChI is InChI=1S/C19H21N3O4S/c1-4-25-16(23)9-13-18(14-6-8-17(24)27-14)11(2)19(26-13)12-5-7-15(21-10-12)22(3)20/h5-8,10,24H,4,9,20H2,1-3H3. The van der Waals surface area contributed by atoms with Crippen molar-refractivity contribution in [2.75, 3.05) is 18.7 Å². The Bertz CT molecular complexity index is 945. The van der Waals surface area contributed by atoms with Gasteiger partial charge in [-0.3, -0.25) is 9.80 Å². The number of aromatic hydroxyl groups is 1. The van der Waals surface area contributed by atoms with Gasteiger partial charge in [0.2, 0.25) is 0 Å². The van der Waals surface area contributed by atoms with Crippen LogP contribution in [0.4, 0.5) is 5.82 Å². The van der Waals surface area contributed by atoms with Crippen molar-refractivity contribution in [3.63, 3.8) is 0 Å². The highest BCUT2D eigenvalue weighted by Crippen LogP contribution is 2.42. The molecule has 7 nitrogen and oxygen atoms in total. The Labute approximate surface area is 161 Å². The van der Waals surface area contributed by atoms with Gasteiger partial charge in [0.05, 0.1) is 6.61 Å². The van der Waals surface area contributed by atoms with Gasteiger partial charge in [0.25, 0.3) is 0 Å². The molecular weight excluding hydrogens is 366 g/mol. The molecule has 3 rings (SSSR count). The van der Waals surface area contributed by atoms with Crippen LogP contribution in [0.25, 0.3) is 21.8 Å². The van der Waals surface area contributed by atoms with Crippen molar-refractivity contribution in [3.05, 3.63) is 41.8 Å². The second-order valence-corrected chi connectivity index (χ2v) is 7.05. The fourth-order valence-electron chi connectivity index (χ4n) is 2.83. The summed E-state index contributed by atoms with van der Waals surface area (Å²) in [5.41, 5.74) is 2.44. The topological polar surface area (TPSA) is 102 Å². The molecule has 0 aromatic carbocycles. The van der Waals surface area contributed by atoms with Gasteiger partial charge in [-0.1, -0.05) is 11.3 Å². The third-order valence-corrected chi connectivity index (χ3v) is 4.94. The molecule has 3 aromatic rings. The highest BCUT2D eigenvalue weighted by Gasteiger charge is 2.23. The number of aromatic nitrogens is 1. The highest BCUT2D eigenvalue weighted by molar-refractivity contribution is 7.17. The Balaban J connectivity index is 2.07. The van der Waals surface area contributed by atoms with Crippen molar-refractivity contribution in [2.24, 2.45) is 5.84 Å². The number of hydrogen-bond acceptors (Lipinski definition) is 8. The summed E-state index contributed by atoms with van der Waals surface area (Å²) in [6.07, 6.45) is 1.69. The van der Waals surface area contributed by atoms with Crippen molar-refractivity contribution in [3.8, 4) is 26.8 Å². The summed E-state index contributed by atoms with van der Waals surface area (Å²) in [4.78, 5) is 17.2. The molecule has 0 aliphatic heterocycles. The molecule has 3 N–H and O–H groups in total. The maximum atomic E-state index is 12.0. The lowest BCUT2D eigenvalue weighted by molar-refractivity contribution is -0.142. The second kappa shape index (κ2) is 7.81. The van der Waals surface area contributed by atoms with Crippen LogP contribution in [0.5, 0.6) is 5.06 Å². The molecule has 0 atom stereocenters. The molecule has 3 heterocycles. The van der Waals surface area contributed by atoms with Gasteiger partial charge in [-0.2, -0.15) is 0 Å². The zero-order valence-electron chi connectivity index (χ0n) is 15.4. The quantitative estimate of drug-likeness (QED) is 0.379. The predicted molar refractivity (Wildman–Crippen MR) is 105 cm³/mol. The molecule has 0 radical (unpaired) electrons. The molecule has 27 heavy (non-hydrogen) atoms. The lowest BCUT2D eigenvalue weighted by atomic mass is 10.0. The second-order valence-electron chi connectivity index (χ2n) is 5.99. The minimum absolute atomic E-state index is 0.0136. The minimum atomic E-state index is -0.363. The molecular formula is C19H21N3O4S. The first-order chi connectivity index (χ1) is 12.9. The SMILES string of the molecule is CCOC(=O)Cc1oc(-c2ccc(N(C)N)nc2)c(C)c1-c1ccc(O)s1. The lowest BCUT2D eigenvalue weighted by Crippen LogP contribution is -2.25. The molecule has 0 aliphatic carbocycles. The van der Waals surface area contributed by atoms with E-state index >= 15 is 0 Å². The van der Waals surface area contributed by atoms with E-state index in [1.165, 1.54) is 16.3 Å². The molecule has 0 spiro atoms. The summed E-state index contributed by atoms with van der Waals surface area (Å²) < 4.78 is 11.1. The van der Waals surface area contributed by atoms with Crippen LogP contribution in [-0.2, 0) is 16.0 Å². The van der Waals surface area contributed by atoms with Crippen molar-refractivity contribution in [2.45, 2.75) is 20.3 Å². The number of nitrogens with zero attached hydrogens (tertiary/aromatic N) is 2. The highest BCUT2D eigenvalue weighted by atomic mass is 32.1. The average molecular weight is 387 g/mol. The summed E-state index contributed by atoms with van der Waals surface area (Å²) >= 11 is 1.23.